The summed E-state index contributed by atoms with van der Waals surface area (Å²) in [5, 5.41) is 17.8. The lowest BCUT2D eigenvalue weighted by Crippen LogP contribution is -2.12. The van der Waals surface area contributed by atoms with Crippen LogP contribution in [0.5, 0.6) is 0 Å². The smallest absolute Gasteiger partial charge is 0.255 e. The number of hydrogen-bond acceptors (Lipinski definition) is 5. The number of carbonyl (C=O) groups excluding carboxylic acids is 1. The quantitative estimate of drug-likeness (QED) is 0.528. The Labute approximate surface area is 172 Å². The molecule has 0 atom stereocenters. The van der Waals surface area contributed by atoms with E-state index >= 15 is 0 Å². The molecule has 30 heavy (non-hydrogen) atoms. The number of amides is 1. The van der Waals surface area contributed by atoms with Crippen molar-refractivity contribution in [2.45, 2.75) is 20.3 Å². The number of carbonyl (C=O) groups is 1. The molecule has 0 aliphatic carbocycles. The third-order valence-electron chi connectivity index (χ3n) is 4.47. The van der Waals surface area contributed by atoms with E-state index in [-0.39, 0.29) is 5.56 Å². The number of anilines is 1. The fourth-order valence-electron chi connectivity index (χ4n) is 2.98. The molecule has 0 saturated heterocycles. The summed E-state index contributed by atoms with van der Waals surface area (Å²) >= 11 is 0. The van der Waals surface area contributed by atoms with E-state index in [0.717, 1.165) is 17.1 Å². The SMILES string of the molecule is Cc1ccc(-c2cc(F)cc(C(=O)Nc3ccc(Cc4n[nH]c(C)n4)cc3)c2)nn1. The van der Waals surface area contributed by atoms with E-state index < -0.39 is 11.7 Å². The molecule has 2 aromatic heterocycles. The van der Waals surface area contributed by atoms with Crippen molar-refractivity contribution in [1.82, 2.24) is 25.4 Å². The van der Waals surface area contributed by atoms with Crippen LogP contribution >= 0.6 is 0 Å². The first kappa shape index (κ1) is 19.4. The number of H-pyrrole nitrogens is 1. The molecule has 0 saturated carbocycles. The van der Waals surface area contributed by atoms with Crippen molar-refractivity contribution in [1.29, 1.82) is 0 Å². The minimum atomic E-state index is -0.517. The Hall–Kier alpha value is -3.94. The standard InChI is InChI=1S/C22H19FN6O/c1-13-3-8-20(28-26-13)16-10-17(12-18(23)11-16)22(30)25-19-6-4-15(5-7-19)9-21-24-14(2)27-29-21/h3-8,10-12H,9H2,1-2H3,(H,25,30)(H,24,27,29). The molecule has 1 amide bonds. The van der Waals surface area contributed by atoms with Gasteiger partial charge in [0.2, 0.25) is 0 Å². The van der Waals surface area contributed by atoms with Gasteiger partial charge in [-0.1, -0.05) is 12.1 Å². The van der Waals surface area contributed by atoms with Crippen LogP contribution in [0.25, 0.3) is 11.3 Å². The van der Waals surface area contributed by atoms with Gasteiger partial charge in [-0.25, -0.2) is 9.37 Å². The highest BCUT2D eigenvalue weighted by molar-refractivity contribution is 6.04. The molecule has 0 aliphatic rings. The third kappa shape index (κ3) is 4.54. The summed E-state index contributed by atoms with van der Waals surface area (Å²) in [6.07, 6.45) is 0.587. The lowest BCUT2D eigenvalue weighted by molar-refractivity contribution is 0.102. The highest BCUT2D eigenvalue weighted by Crippen LogP contribution is 2.21. The summed E-state index contributed by atoms with van der Waals surface area (Å²) in [7, 11) is 0. The largest absolute Gasteiger partial charge is 0.322 e. The number of nitrogens with zero attached hydrogens (tertiary/aromatic N) is 4. The van der Waals surface area contributed by atoms with E-state index in [1.807, 2.05) is 26.0 Å². The molecule has 2 aromatic carbocycles. The second-order valence-corrected chi connectivity index (χ2v) is 6.95. The molecule has 0 fully saturated rings. The molecule has 0 bridgehead atoms. The van der Waals surface area contributed by atoms with Crippen LogP contribution in [0, 0.1) is 19.7 Å². The van der Waals surface area contributed by atoms with Crippen molar-refractivity contribution >= 4 is 11.6 Å². The Morgan fingerprint density at radius 1 is 1.03 bits per heavy atom. The summed E-state index contributed by atoms with van der Waals surface area (Å²) in [4.78, 5) is 16.9. The maximum absolute atomic E-state index is 14.1. The van der Waals surface area contributed by atoms with Crippen LogP contribution in [0.4, 0.5) is 10.1 Å². The normalized spacial score (nSPS) is 10.8. The van der Waals surface area contributed by atoms with Gasteiger partial charge in [-0.15, -0.1) is 0 Å². The number of halogens is 1. The van der Waals surface area contributed by atoms with E-state index in [9.17, 15) is 9.18 Å². The van der Waals surface area contributed by atoms with Gasteiger partial charge in [0.05, 0.1) is 11.4 Å². The molecule has 150 valence electrons. The number of aromatic nitrogens is 5. The first-order chi connectivity index (χ1) is 14.5. The van der Waals surface area contributed by atoms with Gasteiger partial charge in [0.1, 0.15) is 11.6 Å². The molecule has 2 heterocycles. The lowest BCUT2D eigenvalue weighted by atomic mass is 10.1. The minimum Gasteiger partial charge on any atom is -0.322 e. The van der Waals surface area contributed by atoms with Gasteiger partial charge >= 0.3 is 0 Å². The van der Waals surface area contributed by atoms with Crippen molar-refractivity contribution in [2.24, 2.45) is 0 Å². The molecular weight excluding hydrogens is 383 g/mol. The summed E-state index contributed by atoms with van der Waals surface area (Å²) in [6.45, 7) is 3.66. The monoisotopic (exact) mass is 402 g/mol. The number of nitrogens with one attached hydrogen (secondary N) is 2. The molecule has 0 spiro atoms. The summed E-state index contributed by atoms with van der Waals surface area (Å²) < 4.78 is 14.1. The van der Waals surface area contributed by atoms with E-state index in [0.29, 0.717) is 29.2 Å². The lowest BCUT2D eigenvalue weighted by Gasteiger charge is -2.08. The average Bonchev–Trinajstić information content (AvgIpc) is 3.14. The second-order valence-electron chi connectivity index (χ2n) is 6.95. The number of benzene rings is 2. The van der Waals surface area contributed by atoms with Gasteiger partial charge in [0, 0.05) is 23.2 Å². The summed E-state index contributed by atoms with van der Waals surface area (Å²) in [6, 6.07) is 15.0. The van der Waals surface area contributed by atoms with Gasteiger partial charge in [0.15, 0.2) is 5.82 Å². The van der Waals surface area contributed by atoms with Gasteiger partial charge in [-0.3, -0.25) is 9.89 Å². The van der Waals surface area contributed by atoms with Crippen molar-refractivity contribution in [3.05, 3.63) is 88.9 Å². The molecule has 4 aromatic rings. The van der Waals surface area contributed by atoms with Gasteiger partial charge in [-0.2, -0.15) is 15.3 Å². The average molecular weight is 402 g/mol. The number of hydrogen-bond donors (Lipinski definition) is 2. The van der Waals surface area contributed by atoms with Crippen molar-refractivity contribution in [3.8, 4) is 11.3 Å². The van der Waals surface area contributed by atoms with Gasteiger partial charge < -0.3 is 5.32 Å². The molecule has 2 N–H and O–H groups in total. The first-order valence-electron chi connectivity index (χ1n) is 9.36. The van der Waals surface area contributed by atoms with Crippen molar-refractivity contribution in [2.75, 3.05) is 5.32 Å². The number of aryl methyl sites for hydroxylation is 2. The Kier molecular flexibility index (Phi) is 5.30. The van der Waals surface area contributed by atoms with Gasteiger partial charge in [-0.05, 0) is 61.9 Å². The molecule has 4 rings (SSSR count). The van der Waals surface area contributed by atoms with Crippen LogP contribution < -0.4 is 5.32 Å². The Morgan fingerprint density at radius 2 is 1.83 bits per heavy atom. The van der Waals surface area contributed by atoms with Crippen LogP contribution in [-0.2, 0) is 6.42 Å². The Bertz CT molecular complexity index is 1190. The van der Waals surface area contributed by atoms with Gasteiger partial charge in [0.25, 0.3) is 5.91 Å². The summed E-state index contributed by atoms with van der Waals surface area (Å²) in [5.74, 6) is 0.543. The molecular formula is C22H19FN6O. The number of aromatic amines is 1. The highest BCUT2D eigenvalue weighted by Gasteiger charge is 2.12. The topological polar surface area (TPSA) is 96.5 Å². The van der Waals surface area contributed by atoms with E-state index in [1.54, 1.807) is 30.3 Å². The predicted molar refractivity (Wildman–Crippen MR) is 110 cm³/mol. The Balaban J connectivity index is 1.49. The number of rotatable bonds is 5. The van der Waals surface area contributed by atoms with Crippen LogP contribution in [0.3, 0.4) is 0 Å². The zero-order valence-corrected chi connectivity index (χ0v) is 16.5. The fraction of sp³-hybridized carbons (Fsp3) is 0.136. The van der Waals surface area contributed by atoms with E-state index in [1.165, 1.54) is 12.1 Å². The first-order valence-corrected chi connectivity index (χ1v) is 9.36. The van der Waals surface area contributed by atoms with Crippen LogP contribution in [0.1, 0.15) is 33.3 Å². The van der Waals surface area contributed by atoms with E-state index in [4.69, 9.17) is 0 Å². The maximum Gasteiger partial charge on any atom is 0.255 e. The Morgan fingerprint density at radius 3 is 2.50 bits per heavy atom. The summed E-state index contributed by atoms with van der Waals surface area (Å²) in [5.41, 5.74) is 3.57. The van der Waals surface area contributed by atoms with E-state index in [2.05, 4.69) is 30.7 Å². The molecule has 0 radical (unpaired) electrons. The molecule has 0 unspecified atom stereocenters. The predicted octanol–water partition coefficient (Wildman–Crippen LogP) is 3.86. The third-order valence-corrected chi connectivity index (χ3v) is 4.47. The second kappa shape index (κ2) is 8.20. The minimum absolute atomic E-state index is 0.202. The molecule has 0 aliphatic heterocycles. The van der Waals surface area contributed by atoms with Crippen LogP contribution in [-0.4, -0.2) is 31.3 Å². The molecule has 8 heteroatoms. The van der Waals surface area contributed by atoms with Crippen LogP contribution in [0.2, 0.25) is 0 Å². The van der Waals surface area contributed by atoms with Crippen LogP contribution in [0.15, 0.2) is 54.6 Å². The van der Waals surface area contributed by atoms with Crippen molar-refractivity contribution in [3.63, 3.8) is 0 Å². The highest BCUT2D eigenvalue weighted by atomic mass is 19.1. The van der Waals surface area contributed by atoms with Crippen molar-refractivity contribution < 1.29 is 9.18 Å². The zero-order chi connectivity index (χ0) is 21.1. The maximum atomic E-state index is 14.1. The fourth-order valence-corrected chi connectivity index (χ4v) is 2.98. The zero-order valence-electron chi connectivity index (χ0n) is 16.5. The molecule has 7 nitrogen and oxygen atoms in total.